The molecular formula is C17H29NOSi. The van der Waals surface area contributed by atoms with Crippen LogP contribution in [0.5, 0.6) is 0 Å². The van der Waals surface area contributed by atoms with E-state index < -0.39 is 8.07 Å². The molecule has 0 aromatic heterocycles. The molecule has 0 aromatic rings. The number of nitrogens with zero attached hydrogens (tertiary/aromatic N) is 1. The Morgan fingerprint density at radius 1 is 1.20 bits per heavy atom. The Balaban J connectivity index is 2.59. The monoisotopic (exact) mass is 291 g/mol. The first-order chi connectivity index (χ1) is 9.55. The van der Waals surface area contributed by atoms with Gasteiger partial charge in [-0.3, -0.25) is 0 Å². The first-order valence-electron chi connectivity index (χ1n) is 8.10. The maximum absolute atomic E-state index is 9.35. The first-order valence-corrected chi connectivity index (χ1v) is 10.9. The summed E-state index contributed by atoms with van der Waals surface area (Å²) in [5.41, 5.74) is -0.346. The topological polar surface area (TPSA) is 33.0 Å². The van der Waals surface area contributed by atoms with Gasteiger partial charge < -0.3 is 4.74 Å². The molecule has 0 heterocycles. The summed E-state index contributed by atoms with van der Waals surface area (Å²) in [4.78, 5) is 0. The number of nitriles is 1. The standard InChI is InChI=1S/C17H29NOSi/c1-5-20(6-2,7-3)14-10-13-19-16-11-8-9-12-17(16,4)15-18/h16H,5-9,11-12,14H2,1-4H3. The van der Waals surface area contributed by atoms with Crippen LogP contribution in [0.25, 0.3) is 0 Å². The van der Waals surface area contributed by atoms with Gasteiger partial charge in [0.15, 0.2) is 0 Å². The number of ether oxygens (including phenoxy) is 1. The van der Waals surface area contributed by atoms with Crippen molar-refractivity contribution in [2.45, 2.75) is 83.7 Å². The predicted molar refractivity (Wildman–Crippen MR) is 86.8 cm³/mol. The van der Waals surface area contributed by atoms with Crippen molar-refractivity contribution in [3.05, 3.63) is 0 Å². The lowest BCUT2D eigenvalue weighted by atomic mass is 9.74. The molecule has 3 heteroatoms. The highest BCUT2D eigenvalue weighted by Gasteiger charge is 2.38. The van der Waals surface area contributed by atoms with E-state index in [0.29, 0.717) is 0 Å². The Morgan fingerprint density at radius 2 is 1.85 bits per heavy atom. The molecule has 1 fully saturated rings. The second kappa shape index (κ2) is 7.74. The summed E-state index contributed by atoms with van der Waals surface area (Å²) in [6.45, 7) is 8.92. The minimum atomic E-state index is -1.17. The van der Waals surface area contributed by atoms with E-state index in [0.717, 1.165) is 31.7 Å². The molecule has 0 aliphatic heterocycles. The van der Waals surface area contributed by atoms with Crippen molar-refractivity contribution in [2.24, 2.45) is 5.41 Å². The van der Waals surface area contributed by atoms with Gasteiger partial charge in [-0.05, 0) is 26.2 Å². The Morgan fingerprint density at radius 3 is 2.40 bits per heavy atom. The highest BCUT2D eigenvalue weighted by Crippen LogP contribution is 2.37. The van der Waals surface area contributed by atoms with E-state index in [2.05, 4.69) is 38.9 Å². The lowest BCUT2D eigenvalue weighted by Crippen LogP contribution is -2.35. The molecule has 1 rings (SSSR count). The molecule has 0 bridgehead atoms. The molecule has 1 aliphatic carbocycles. The number of hydrogen-bond donors (Lipinski definition) is 0. The van der Waals surface area contributed by atoms with Gasteiger partial charge in [0.2, 0.25) is 0 Å². The third kappa shape index (κ3) is 4.03. The van der Waals surface area contributed by atoms with Crippen molar-refractivity contribution in [2.75, 3.05) is 0 Å². The van der Waals surface area contributed by atoms with E-state index in [4.69, 9.17) is 4.74 Å². The van der Waals surface area contributed by atoms with Crippen LogP contribution in [0.15, 0.2) is 0 Å². The van der Waals surface area contributed by atoms with Gasteiger partial charge in [0.05, 0.1) is 19.6 Å². The van der Waals surface area contributed by atoms with Crippen LogP contribution in [0.2, 0.25) is 24.2 Å². The van der Waals surface area contributed by atoms with E-state index >= 15 is 0 Å². The lowest BCUT2D eigenvalue weighted by Gasteiger charge is -2.33. The van der Waals surface area contributed by atoms with Crippen LogP contribution in [-0.2, 0) is 4.74 Å². The summed E-state index contributed by atoms with van der Waals surface area (Å²) in [5, 5.41) is 9.35. The van der Waals surface area contributed by atoms with Crippen LogP contribution in [0.4, 0.5) is 0 Å². The molecule has 1 saturated carbocycles. The van der Waals surface area contributed by atoms with Gasteiger partial charge >= 0.3 is 0 Å². The minimum absolute atomic E-state index is 0.00491. The third-order valence-corrected chi connectivity index (χ3v) is 10.8. The summed E-state index contributed by atoms with van der Waals surface area (Å²) >= 11 is 0. The molecule has 0 amide bonds. The lowest BCUT2D eigenvalue weighted by molar-refractivity contribution is 0.0359. The highest BCUT2D eigenvalue weighted by molar-refractivity contribution is 6.80. The summed E-state index contributed by atoms with van der Waals surface area (Å²) in [6, 6.07) is 7.37. The fourth-order valence-corrected chi connectivity index (χ4v) is 5.78. The minimum Gasteiger partial charge on any atom is -0.442 e. The molecule has 20 heavy (non-hydrogen) atoms. The maximum Gasteiger partial charge on any atom is 0.129 e. The quantitative estimate of drug-likeness (QED) is 0.530. The molecule has 0 aromatic carbocycles. The van der Waals surface area contributed by atoms with Crippen molar-refractivity contribution in [1.82, 2.24) is 0 Å². The Hall–Kier alpha value is -0.933. The molecule has 0 saturated heterocycles. The average Bonchev–Trinajstić information content (AvgIpc) is 2.50. The van der Waals surface area contributed by atoms with Gasteiger partial charge in [0, 0.05) is 6.04 Å². The molecule has 0 spiro atoms. The SMILES string of the molecule is CC[Si](CC)(CC)CC#COC1CCCCC1(C)C#N. The fourth-order valence-electron chi connectivity index (χ4n) is 3.08. The molecule has 2 nitrogen and oxygen atoms in total. The van der Waals surface area contributed by atoms with Crippen LogP contribution in [0.3, 0.4) is 0 Å². The van der Waals surface area contributed by atoms with Crippen LogP contribution in [0, 0.1) is 28.8 Å². The van der Waals surface area contributed by atoms with Crippen LogP contribution < -0.4 is 0 Å². The number of hydrogen-bond acceptors (Lipinski definition) is 2. The maximum atomic E-state index is 9.35. The van der Waals surface area contributed by atoms with Crippen molar-refractivity contribution in [1.29, 1.82) is 5.26 Å². The Bertz CT molecular complexity index is 391. The van der Waals surface area contributed by atoms with Gasteiger partial charge in [-0.25, -0.2) is 0 Å². The fraction of sp³-hybridized carbons (Fsp3) is 0.824. The predicted octanol–water partition coefficient (Wildman–Crippen LogP) is 4.94. The van der Waals surface area contributed by atoms with E-state index in [1.807, 2.05) is 6.92 Å². The van der Waals surface area contributed by atoms with Crippen molar-refractivity contribution in [3.63, 3.8) is 0 Å². The van der Waals surface area contributed by atoms with Gasteiger partial charge in [-0.15, -0.1) is 0 Å². The average molecular weight is 292 g/mol. The number of rotatable bonds is 5. The second-order valence-electron chi connectivity index (χ2n) is 6.40. The zero-order chi connectivity index (χ0) is 15.1. The molecule has 1 aliphatic rings. The molecule has 0 N–H and O–H groups in total. The first kappa shape index (κ1) is 17.1. The van der Waals surface area contributed by atoms with Crippen LogP contribution in [0.1, 0.15) is 53.4 Å². The van der Waals surface area contributed by atoms with Gasteiger partial charge in [0.1, 0.15) is 12.2 Å². The van der Waals surface area contributed by atoms with Crippen LogP contribution in [-0.4, -0.2) is 14.2 Å². The van der Waals surface area contributed by atoms with Crippen molar-refractivity contribution >= 4 is 8.07 Å². The summed E-state index contributed by atoms with van der Waals surface area (Å²) < 4.78 is 5.76. The summed E-state index contributed by atoms with van der Waals surface area (Å²) in [6.07, 6.45) is 7.13. The Labute approximate surface area is 125 Å². The largest absolute Gasteiger partial charge is 0.442 e. The molecule has 112 valence electrons. The molecule has 0 radical (unpaired) electrons. The zero-order valence-corrected chi connectivity index (χ0v) is 14.6. The third-order valence-electron chi connectivity index (χ3n) is 5.37. The van der Waals surface area contributed by atoms with Crippen molar-refractivity contribution < 1.29 is 4.74 Å². The summed E-state index contributed by atoms with van der Waals surface area (Å²) in [7, 11) is -1.17. The van der Waals surface area contributed by atoms with Gasteiger partial charge in [-0.1, -0.05) is 51.2 Å². The Kier molecular flexibility index (Phi) is 6.63. The van der Waals surface area contributed by atoms with E-state index in [1.165, 1.54) is 18.1 Å². The van der Waals surface area contributed by atoms with E-state index in [9.17, 15) is 5.26 Å². The normalized spacial score (nSPS) is 26.2. The molecule has 2 unspecified atom stereocenters. The van der Waals surface area contributed by atoms with E-state index in [1.54, 1.807) is 0 Å². The van der Waals surface area contributed by atoms with Crippen LogP contribution >= 0.6 is 0 Å². The summed E-state index contributed by atoms with van der Waals surface area (Å²) in [5.74, 6) is 3.27. The van der Waals surface area contributed by atoms with Gasteiger partial charge in [0.25, 0.3) is 0 Å². The smallest absolute Gasteiger partial charge is 0.129 e. The second-order valence-corrected chi connectivity index (χ2v) is 11.9. The molecule has 2 atom stereocenters. The van der Waals surface area contributed by atoms with Gasteiger partial charge in [-0.2, -0.15) is 5.26 Å². The highest BCUT2D eigenvalue weighted by atomic mass is 28.3. The molecular weight excluding hydrogens is 262 g/mol. The zero-order valence-electron chi connectivity index (χ0n) is 13.6. The van der Waals surface area contributed by atoms with Crippen molar-refractivity contribution in [3.8, 4) is 18.1 Å². The van der Waals surface area contributed by atoms with E-state index in [-0.39, 0.29) is 11.5 Å².